The standard InChI is InChI=1S/C18H40N2O6/c1-7-17(23)25-15(5)11-20(12-16(6)26-18(24)8-2)19(9-13(3)21)10-14(4)22/h13-18,21-24H,7-12H2,1-6H3. The average molecular weight is 381 g/mol. The fraction of sp³-hybridized carbons (Fsp3) is 1.00. The molecule has 0 aromatic rings. The van der Waals surface area contributed by atoms with Crippen molar-refractivity contribution < 1.29 is 29.9 Å². The van der Waals surface area contributed by atoms with Gasteiger partial charge in [-0.05, 0) is 40.5 Å². The van der Waals surface area contributed by atoms with Gasteiger partial charge in [-0.1, -0.05) is 13.8 Å². The van der Waals surface area contributed by atoms with Crippen molar-refractivity contribution in [2.75, 3.05) is 26.2 Å². The van der Waals surface area contributed by atoms with E-state index < -0.39 is 24.8 Å². The normalized spacial score (nSPS) is 19.4. The van der Waals surface area contributed by atoms with Crippen molar-refractivity contribution in [1.82, 2.24) is 10.0 Å². The molecule has 0 aromatic heterocycles. The Kier molecular flexibility index (Phi) is 13.6. The van der Waals surface area contributed by atoms with E-state index in [1.54, 1.807) is 13.8 Å². The van der Waals surface area contributed by atoms with Crippen LogP contribution >= 0.6 is 0 Å². The lowest BCUT2D eigenvalue weighted by Crippen LogP contribution is -2.53. The SMILES string of the molecule is CCC(O)OC(C)CN(CC(C)OC(O)CC)N(CC(C)O)CC(C)O. The molecular formula is C18H40N2O6. The van der Waals surface area contributed by atoms with Gasteiger partial charge in [-0.15, -0.1) is 0 Å². The maximum Gasteiger partial charge on any atom is 0.154 e. The van der Waals surface area contributed by atoms with E-state index in [2.05, 4.69) is 0 Å². The molecule has 8 nitrogen and oxygen atoms in total. The lowest BCUT2D eigenvalue weighted by atomic mass is 10.3. The maximum atomic E-state index is 9.83. The largest absolute Gasteiger partial charge is 0.392 e. The predicted molar refractivity (Wildman–Crippen MR) is 100 cm³/mol. The van der Waals surface area contributed by atoms with Gasteiger partial charge in [0.2, 0.25) is 0 Å². The van der Waals surface area contributed by atoms with E-state index in [1.165, 1.54) is 0 Å². The van der Waals surface area contributed by atoms with Crippen molar-refractivity contribution in [2.24, 2.45) is 0 Å². The van der Waals surface area contributed by atoms with Gasteiger partial charge in [-0.25, -0.2) is 10.0 Å². The monoisotopic (exact) mass is 380 g/mol. The number of aliphatic hydroxyl groups is 4. The highest BCUT2D eigenvalue weighted by Crippen LogP contribution is 2.11. The molecule has 0 rings (SSSR count). The number of aliphatic hydroxyl groups excluding tert-OH is 4. The highest BCUT2D eigenvalue weighted by atomic mass is 16.6. The lowest BCUT2D eigenvalue weighted by Gasteiger charge is -2.39. The third kappa shape index (κ3) is 12.1. The first-order valence-electron chi connectivity index (χ1n) is 9.61. The van der Waals surface area contributed by atoms with Gasteiger partial charge in [0.1, 0.15) is 0 Å². The molecule has 8 heteroatoms. The number of nitrogens with zero attached hydrogens (tertiary/aromatic N) is 2. The van der Waals surface area contributed by atoms with Gasteiger partial charge >= 0.3 is 0 Å². The first-order valence-corrected chi connectivity index (χ1v) is 9.61. The molecule has 0 bridgehead atoms. The second kappa shape index (κ2) is 13.8. The zero-order valence-corrected chi connectivity index (χ0v) is 17.2. The molecule has 6 unspecified atom stereocenters. The summed E-state index contributed by atoms with van der Waals surface area (Å²) in [4.78, 5) is 0. The fourth-order valence-electron chi connectivity index (χ4n) is 2.63. The number of ether oxygens (including phenoxy) is 2. The minimum absolute atomic E-state index is 0.265. The summed E-state index contributed by atoms with van der Waals surface area (Å²) in [7, 11) is 0. The quantitative estimate of drug-likeness (QED) is 0.241. The molecule has 0 heterocycles. The van der Waals surface area contributed by atoms with Gasteiger partial charge in [0.15, 0.2) is 12.6 Å². The highest BCUT2D eigenvalue weighted by molar-refractivity contribution is 4.70. The van der Waals surface area contributed by atoms with Gasteiger partial charge < -0.3 is 29.9 Å². The topological polar surface area (TPSA) is 106 Å². The molecule has 0 saturated carbocycles. The summed E-state index contributed by atoms with van der Waals surface area (Å²) >= 11 is 0. The van der Waals surface area contributed by atoms with Crippen LogP contribution < -0.4 is 0 Å². The molecule has 6 atom stereocenters. The van der Waals surface area contributed by atoms with E-state index in [9.17, 15) is 20.4 Å². The molecule has 0 spiro atoms. The van der Waals surface area contributed by atoms with Crippen LogP contribution in [0.4, 0.5) is 0 Å². The summed E-state index contributed by atoms with van der Waals surface area (Å²) in [6, 6.07) is 0. The van der Waals surface area contributed by atoms with E-state index in [1.807, 2.05) is 37.7 Å². The first-order chi connectivity index (χ1) is 12.1. The van der Waals surface area contributed by atoms with E-state index >= 15 is 0 Å². The maximum absolute atomic E-state index is 9.83. The third-order valence-corrected chi connectivity index (χ3v) is 3.76. The molecule has 4 N–H and O–H groups in total. The number of hydrogen-bond acceptors (Lipinski definition) is 8. The van der Waals surface area contributed by atoms with Gasteiger partial charge in [0.05, 0.1) is 24.4 Å². The molecule has 0 aliphatic carbocycles. The smallest absolute Gasteiger partial charge is 0.154 e. The summed E-state index contributed by atoms with van der Waals surface area (Å²) in [5.74, 6) is 0. The fourth-order valence-corrected chi connectivity index (χ4v) is 2.63. The van der Waals surface area contributed by atoms with Crippen LogP contribution in [0.25, 0.3) is 0 Å². The van der Waals surface area contributed by atoms with E-state index in [4.69, 9.17) is 9.47 Å². The van der Waals surface area contributed by atoms with E-state index in [-0.39, 0.29) is 12.2 Å². The molecular weight excluding hydrogens is 340 g/mol. The van der Waals surface area contributed by atoms with Crippen molar-refractivity contribution in [3.8, 4) is 0 Å². The Morgan fingerprint density at radius 1 is 0.615 bits per heavy atom. The van der Waals surface area contributed by atoms with Crippen molar-refractivity contribution in [3.63, 3.8) is 0 Å². The molecule has 0 radical (unpaired) electrons. The van der Waals surface area contributed by atoms with Crippen molar-refractivity contribution in [2.45, 2.75) is 91.4 Å². The molecule has 0 fully saturated rings. The Morgan fingerprint density at radius 3 is 1.19 bits per heavy atom. The van der Waals surface area contributed by atoms with Gasteiger partial charge in [-0.2, -0.15) is 0 Å². The molecule has 26 heavy (non-hydrogen) atoms. The Bertz CT molecular complexity index is 316. The summed E-state index contributed by atoms with van der Waals surface area (Å²) in [6.07, 6.45) is -2.35. The van der Waals surface area contributed by atoms with E-state index in [0.29, 0.717) is 39.0 Å². The number of rotatable bonds is 15. The van der Waals surface area contributed by atoms with E-state index in [0.717, 1.165) is 0 Å². The molecule has 0 saturated heterocycles. The first kappa shape index (κ1) is 25.7. The predicted octanol–water partition coefficient (Wildman–Crippen LogP) is 0.534. The average Bonchev–Trinajstić information content (AvgIpc) is 2.52. The third-order valence-electron chi connectivity index (χ3n) is 3.76. The van der Waals surface area contributed by atoms with Gasteiger partial charge in [0.25, 0.3) is 0 Å². The van der Waals surface area contributed by atoms with Crippen LogP contribution in [0.1, 0.15) is 54.4 Å². The van der Waals surface area contributed by atoms with Gasteiger partial charge in [0, 0.05) is 26.2 Å². The second-order valence-electron chi connectivity index (χ2n) is 7.06. The summed E-state index contributed by atoms with van der Waals surface area (Å²) < 4.78 is 11.1. The Hall–Kier alpha value is -0.320. The zero-order chi connectivity index (χ0) is 20.3. The minimum Gasteiger partial charge on any atom is -0.392 e. The molecule has 0 aliphatic heterocycles. The van der Waals surface area contributed by atoms with Crippen LogP contribution in [0, 0.1) is 0 Å². The summed E-state index contributed by atoms with van der Waals surface area (Å²) in [5.41, 5.74) is 0. The Labute approximate surface area is 158 Å². The molecule has 0 aromatic carbocycles. The van der Waals surface area contributed by atoms with Crippen LogP contribution in [-0.2, 0) is 9.47 Å². The van der Waals surface area contributed by atoms with Crippen LogP contribution in [0.3, 0.4) is 0 Å². The zero-order valence-electron chi connectivity index (χ0n) is 17.2. The van der Waals surface area contributed by atoms with Crippen molar-refractivity contribution >= 4 is 0 Å². The highest BCUT2D eigenvalue weighted by Gasteiger charge is 2.24. The van der Waals surface area contributed by atoms with Crippen molar-refractivity contribution in [3.05, 3.63) is 0 Å². The minimum atomic E-state index is -0.829. The molecule has 158 valence electrons. The van der Waals surface area contributed by atoms with Gasteiger partial charge in [-0.3, -0.25) is 0 Å². The number of hydrogen-bond donors (Lipinski definition) is 4. The molecule has 0 aliphatic rings. The summed E-state index contributed by atoms with van der Waals surface area (Å²) in [6.45, 7) is 12.4. The Morgan fingerprint density at radius 2 is 0.923 bits per heavy atom. The molecule has 0 amide bonds. The summed E-state index contributed by atoms with van der Waals surface area (Å²) in [5, 5.41) is 42.9. The Balaban J connectivity index is 5.12. The second-order valence-corrected chi connectivity index (χ2v) is 7.06. The van der Waals surface area contributed by atoms with Crippen LogP contribution in [0.15, 0.2) is 0 Å². The van der Waals surface area contributed by atoms with Crippen LogP contribution in [-0.4, -0.2) is 93.6 Å². The lowest BCUT2D eigenvalue weighted by molar-refractivity contribution is -0.179. The number of hydrazine groups is 1. The van der Waals surface area contributed by atoms with Crippen LogP contribution in [0.2, 0.25) is 0 Å². The van der Waals surface area contributed by atoms with Crippen molar-refractivity contribution in [1.29, 1.82) is 0 Å². The van der Waals surface area contributed by atoms with Crippen LogP contribution in [0.5, 0.6) is 0 Å².